The van der Waals surface area contributed by atoms with Gasteiger partial charge in [0.25, 0.3) is 5.91 Å². The van der Waals surface area contributed by atoms with Crippen LogP contribution in [0.4, 0.5) is 17.3 Å². The summed E-state index contributed by atoms with van der Waals surface area (Å²) in [6.07, 6.45) is 1.91. The fourth-order valence-corrected chi connectivity index (χ4v) is 4.16. The molecule has 8 nitrogen and oxygen atoms in total. The van der Waals surface area contributed by atoms with E-state index in [2.05, 4.69) is 44.7 Å². The minimum atomic E-state index is -0.103. The molecule has 2 aromatic carbocycles. The van der Waals surface area contributed by atoms with E-state index in [9.17, 15) is 9.59 Å². The second-order valence-corrected chi connectivity index (χ2v) is 9.63. The van der Waals surface area contributed by atoms with Crippen LogP contribution in [-0.2, 0) is 11.2 Å². The van der Waals surface area contributed by atoms with E-state index in [-0.39, 0.29) is 23.7 Å². The van der Waals surface area contributed by atoms with Crippen LogP contribution in [0.3, 0.4) is 0 Å². The molecule has 0 atom stereocenters. The van der Waals surface area contributed by atoms with Gasteiger partial charge in [0.15, 0.2) is 0 Å². The maximum absolute atomic E-state index is 12.6. The third-order valence-corrected chi connectivity index (χ3v) is 5.55. The van der Waals surface area contributed by atoms with Crippen molar-refractivity contribution in [3.8, 4) is 11.3 Å². The molecule has 0 unspecified atom stereocenters. The maximum atomic E-state index is 12.6. The number of para-hydroxylation sites is 1. The van der Waals surface area contributed by atoms with Crippen molar-refractivity contribution in [2.24, 2.45) is 5.41 Å². The van der Waals surface area contributed by atoms with Gasteiger partial charge in [0.2, 0.25) is 11.9 Å². The zero-order valence-electron chi connectivity index (χ0n) is 20.0. The zero-order chi connectivity index (χ0) is 24.3. The van der Waals surface area contributed by atoms with Crippen molar-refractivity contribution in [2.75, 3.05) is 37.8 Å². The van der Waals surface area contributed by atoms with Crippen LogP contribution in [0.5, 0.6) is 0 Å². The lowest BCUT2D eigenvalue weighted by Gasteiger charge is -2.28. The van der Waals surface area contributed by atoms with E-state index in [4.69, 9.17) is 0 Å². The Hall–Kier alpha value is -3.78. The Labute approximate surface area is 199 Å². The first-order valence-corrected chi connectivity index (χ1v) is 11.3. The summed E-state index contributed by atoms with van der Waals surface area (Å²) >= 11 is 0. The van der Waals surface area contributed by atoms with Gasteiger partial charge in [-0.1, -0.05) is 32.0 Å². The number of carbonyl (C=O) groups excluding carboxylic acids is 2. The first-order chi connectivity index (χ1) is 16.2. The maximum Gasteiger partial charge on any atom is 0.251 e. The second kappa shape index (κ2) is 9.61. The highest BCUT2D eigenvalue weighted by atomic mass is 16.2. The van der Waals surface area contributed by atoms with Crippen molar-refractivity contribution >= 4 is 29.1 Å². The van der Waals surface area contributed by atoms with Gasteiger partial charge < -0.3 is 20.9 Å². The second-order valence-electron chi connectivity index (χ2n) is 9.63. The van der Waals surface area contributed by atoms with Crippen LogP contribution >= 0.6 is 0 Å². The molecule has 3 aromatic rings. The van der Waals surface area contributed by atoms with Crippen LogP contribution in [0, 0.1) is 5.41 Å². The smallest absolute Gasteiger partial charge is 0.251 e. The van der Waals surface area contributed by atoms with Crippen LogP contribution in [0.2, 0.25) is 0 Å². The Morgan fingerprint density at radius 1 is 1.12 bits per heavy atom. The summed E-state index contributed by atoms with van der Waals surface area (Å²) < 4.78 is 0. The van der Waals surface area contributed by atoms with E-state index in [1.165, 1.54) is 0 Å². The molecule has 34 heavy (non-hydrogen) atoms. The summed E-state index contributed by atoms with van der Waals surface area (Å²) in [6.45, 7) is 5.73. The minimum absolute atomic E-state index is 0.0257. The first-order valence-electron chi connectivity index (χ1n) is 11.3. The lowest BCUT2D eigenvalue weighted by atomic mass is 9.93. The summed E-state index contributed by atoms with van der Waals surface area (Å²) in [5.74, 6) is 0.230. The van der Waals surface area contributed by atoms with Crippen LogP contribution in [-0.4, -0.2) is 53.9 Å². The standard InChI is InChI=1S/C26H30N6O2/c1-26(2,16-32(3)4)15-28-24(34)17-9-11-19(12-10-17)29-25-27-14-18-13-22(33)30-21-8-6-5-7-20(21)23(18)31-25/h5-12,14H,13,15-16H2,1-4H3,(H,28,34)(H,30,33)(H,27,29,31). The number of amides is 2. The highest BCUT2D eigenvalue weighted by Gasteiger charge is 2.21. The van der Waals surface area contributed by atoms with E-state index < -0.39 is 0 Å². The number of nitrogens with zero attached hydrogens (tertiary/aromatic N) is 3. The van der Waals surface area contributed by atoms with Crippen LogP contribution in [0.25, 0.3) is 11.3 Å². The number of hydrogen-bond acceptors (Lipinski definition) is 6. The number of aromatic nitrogens is 2. The van der Waals surface area contributed by atoms with Gasteiger partial charge in [-0.05, 0) is 49.8 Å². The lowest BCUT2D eigenvalue weighted by Crippen LogP contribution is -2.39. The summed E-state index contributed by atoms with van der Waals surface area (Å²) in [5.41, 5.74) is 4.42. The highest BCUT2D eigenvalue weighted by Crippen LogP contribution is 2.32. The molecule has 2 heterocycles. The molecule has 176 valence electrons. The lowest BCUT2D eigenvalue weighted by molar-refractivity contribution is -0.115. The number of anilines is 3. The molecule has 3 N–H and O–H groups in total. The summed E-state index contributed by atoms with van der Waals surface area (Å²) in [5, 5.41) is 9.13. The third-order valence-electron chi connectivity index (χ3n) is 5.55. The van der Waals surface area contributed by atoms with Crippen LogP contribution in [0.15, 0.2) is 54.7 Å². The van der Waals surface area contributed by atoms with E-state index in [0.29, 0.717) is 18.1 Å². The predicted octanol–water partition coefficient (Wildman–Crippen LogP) is 3.70. The van der Waals surface area contributed by atoms with Crippen molar-refractivity contribution < 1.29 is 9.59 Å². The average Bonchev–Trinajstić information content (AvgIpc) is 2.92. The molecule has 0 bridgehead atoms. The van der Waals surface area contributed by atoms with Crippen LogP contribution < -0.4 is 16.0 Å². The molecule has 0 radical (unpaired) electrons. The molecular formula is C26H30N6O2. The number of benzene rings is 2. The number of fused-ring (bicyclic) bond motifs is 3. The Bertz CT molecular complexity index is 1200. The van der Waals surface area contributed by atoms with E-state index in [0.717, 1.165) is 34.7 Å². The van der Waals surface area contributed by atoms with Gasteiger partial charge >= 0.3 is 0 Å². The van der Waals surface area contributed by atoms with Crippen molar-refractivity contribution in [1.29, 1.82) is 0 Å². The fourth-order valence-electron chi connectivity index (χ4n) is 4.16. The third kappa shape index (κ3) is 5.58. The van der Waals surface area contributed by atoms with Gasteiger partial charge in [0, 0.05) is 41.7 Å². The molecular weight excluding hydrogens is 428 g/mol. The van der Waals surface area contributed by atoms with E-state index in [1.807, 2.05) is 50.5 Å². The van der Waals surface area contributed by atoms with Crippen molar-refractivity contribution in [2.45, 2.75) is 20.3 Å². The highest BCUT2D eigenvalue weighted by molar-refractivity contribution is 6.00. The molecule has 2 amide bonds. The molecule has 0 fully saturated rings. The SMILES string of the molecule is CN(C)CC(C)(C)CNC(=O)c1ccc(Nc2ncc3c(n2)-c2ccccc2NC(=O)C3)cc1. The van der Waals surface area contributed by atoms with Gasteiger partial charge in [0.05, 0.1) is 17.8 Å². The fraction of sp³-hybridized carbons (Fsp3) is 0.308. The summed E-state index contributed by atoms with van der Waals surface area (Å²) in [4.78, 5) is 36.0. The Morgan fingerprint density at radius 2 is 1.85 bits per heavy atom. The Morgan fingerprint density at radius 3 is 2.59 bits per heavy atom. The molecule has 1 aliphatic rings. The molecule has 1 aromatic heterocycles. The molecule has 0 aliphatic carbocycles. The topological polar surface area (TPSA) is 99.2 Å². The monoisotopic (exact) mass is 458 g/mol. The van der Waals surface area contributed by atoms with Crippen molar-refractivity contribution in [3.63, 3.8) is 0 Å². The van der Waals surface area contributed by atoms with Gasteiger partial charge in [-0.2, -0.15) is 0 Å². The van der Waals surface area contributed by atoms with E-state index in [1.54, 1.807) is 18.3 Å². The number of hydrogen-bond donors (Lipinski definition) is 3. The van der Waals surface area contributed by atoms with Gasteiger partial charge in [-0.15, -0.1) is 0 Å². The molecule has 0 saturated carbocycles. The largest absolute Gasteiger partial charge is 0.351 e. The van der Waals surface area contributed by atoms with Crippen molar-refractivity contribution in [1.82, 2.24) is 20.2 Å². The van der Waals surface area contributed by atoms with Gasteiger partial charge in [0.1, 0.15) is 0 Å². The summed E-state index contributed by atoms with van der Waals surface area (Å²) in [6, 6.07) is 14.8. The minimum Gasteiger partial charge on any atom is -0.351 e. The average molecular weight is 459 g/mol. The Kier molecular flexibility index (Phi) is 6.61. The normalized spacial score (nSPS) is 12.9. The molecule has 8 heteroatoms. The van der Waals surface area contributed by atoms with E-state index >= 15 is 0 Å². The van der Waals surface area contributed by atoms with Crippen LogP contribution in [0.1, 0.15) is 29.8 Å². The van der Waals surface area contributed by atoms with Gasteiger partial charge in [-0.3, -0.25) is 9.59 Å². The number of rotatable bonds is 7. The zero-order valence-corrected chi connectivity index (χ0v) is 20.0. The van der Waals surface area contributed by atoms with Crippen molar-refractivity contribution in [3.05, 3.63) is 65.9 Å². The molecule has 0 saturated heterocycles. The number of carbonyl (C=O) groups is 2. The molecule has 0 spiro atoms. The quantitative estimate of drug-likeness (QED) is 0.499. The molecule has 4 rings (SSSR count). The Balaban J connectivity index is 1.46. The summed E-state index contributed by atoms with van der Waals surface area (Å²) in [7, 11) is 4.05. The van der Waals surface area contributed by atoms with Gasteiger partial charge in [-0.25, -0.2) is 9.97 Å². The number of nitrogens with one attached hydrogen (secondary N) is 3. The molecule has 1 aliphatic heterocycles. The predicted molar refractivity (Wildman–Crippen MR) is 134 cm³/mol. The first kappa shape index (κ1) is 23.4.